The molecule has 2 rings (SSSR count). The number of aliphatic hydroxyl groups is 1. The van der Waals surface area contributed by atoms with Crippen LogP contribution in [0.15, 0.2) is 24.4 Å². The van der Waals surface area contributed by atoms with Gasteiger partial charge in [-0.2, -0.15) is 5.26 Å². The van der Waals surface area contributed by atoms with E-state index >= 15 is 0 Å². The highest BCUT2D eigenvalue weighted by Crippen LogP contribution is 2.17. The zero-order valence-electron chi connectivity index (χ0n) is 9.61. The molecule has 1 saturated heterocycles. The van der Waals surface area contributed by atoms with Crippen molar-refractivity contribution < 1.29 is 14.6 Å². The molecule has 5 nitrogen and oxygen atoms in total. The minimum atomic E-state index is -0.667. The van der Waals surface area contributed by atoms with Crippen molar-refractivity contribution in [3.05, 3.63) is 35.7 Å². The predicted molar refractivity (Wildman–Crippen MR) is 63.1 cm³/mol. The molecule has 18 heavy (non-hydrogen) atoms. The van der Waals surface area contributed by atoms with E-state index in [9.17, 15) is 9.90 Å². The van der Waals surface area contributed by atoms with Gasteiger partial charge in [0.2, 0.25) is 0 Å². The van der Waals surface area contributed by atoms with Crippen molar-refractivity contribution in [2.24, 2.45) is 0 Å². The Hall–Kier alpha value is -2.19. The van der Waals surface area contributed by atoms with Crippen LogP contribution in [-0.2, 0) is 9.53 Å². The summed E-state index contributed by atoms with van der Waals surface area (Å²) >= 11 is 0. The van der Waals surface area contributed by atoms with Gasteiger partial charge in [0.1, 0.15) is 12.2 Å². The molecule has 2 heterocycles. The lowest BCUT2D eigenvalue weighted by Gasteiger charge is -2.23. The smallest absolute Gasteiger partial charge is 0.309 e. The number of hydrogen-bond donors (Lipinski definition) is 1. The summed E-state index contributed by atoms with van der Waals surface area (Å²) in [6, 6.07) is 5.37. The lowest BCUT2D eigenvalue weighted by Crippen LogP contribution is -2.31. The highest BCUT2D eigenvalue weighted by molar-refractivity contribution is 5.71. The van der Waals surface area contributed by atoms with Crippen LogP contribution < -0.4 is 0 Å². The minimum absolute atomic E-state index is 0.0391. The lowest BCUT2D eigenvalue weighted by molar-refractivity contribution is -0.156. The summed E-state index contributed by atoms with van der Waals surface area (Å²) in [7, 11) is 0. The summed E-state index contributed by atoms with van der Waals surface area (Å²) in [5, 5.41) is 18.3. The average molecular weight is 244 g/mol. The quantitative estimate of drug-likeness (QED) is 0.786. The van der Waals surface area contributed by atoms with Gasteiger partial charge in [0.05, 0.1) is 23.8 Å². The van der Waals surface area contributed by atoms with Gasteiger partial charge >= 0.3 is 5.97 Å². The van der Waals surface area contributed by atoms with Gasteiger partial charge in [-0.1, -0.05) is 0 Å². The first kappa shape index (κ1) is 12.3. The van der Waals surface area contributed by atoms with Crippen molar-refractivity contribution in [1.82, 2.24) is 4.98 Å². The molecule has 2 atom stereocenters. The van der Waals surface area contributed by atoms with E-state index in [1.54, 1.807) is 30.5 Å². The predicted octanol–water partition coefficient (Wildman–Crippen LogP) is 1.03. The average Bonchev–Trinajstić information content (AvgIpc) is 2.35. The number of carbonyl (C=O) groups is 1. The van der Waals surface area contributed by atoms with Crippen LogP contribution in [0.2, 0.25) is 0 Å². The number of pyridine rings is 1. The van der Waals surface area contributed by atoms with Gasteiger partial charge in [-0.05, 0) is 24.3 Å². The highest BCUT2D eigenvalue weighted by atomic mass is 16.5. The maximum Gasteiger partial charge on any atom is 0.309 e. The molecule has 1 N–H and O–H groups in total. The largest absolute Gasteiger partial charge is 0.458 e. The number of nitrogens with zero attached hydrogens (tertiary/aromatic N) is 2. The van der Waals surface area contributed by atoms with Crippen molar-refractivity contribution in [1.29, 1.82) is 5.26 Å². The molecule has 0 amide bonds. The summed E-state index contributed by atoms with van der Waals surface area (Å²) in [5.41, 5.74) is 0.979. The zero-order valence-corrected chi connectivity index (χ0v) is 9.61. The molecule has 2 unspecified atom stereocenters. The van der Waals surface area contributed by atoms with Crippen molar-refractivity contribution in [2.75, 3.05) is 0 Å². The Balaban J connectivity index is 2.11. The Morgan fingerprint density at radius 3 is 3.17 bits per heavy atom. The second-order valence-corrected chi connectivity index (χ2v) is 4.03. The molecule has 0 bridgehead atoms. The Morgan fingerprint density at radius 2 is 2.44 bits per heavy atom. The van der Waals surface area contributed by atoms with Crippen molar-refractivity contribution in [3.63, 3.8) is 0 Å². The zero-order chi connectivity index (χ0) is 13.0. The maximum atomic E-state index is 11.1. The van der Waals surface area contributed by atoms with Crippen LogP contribution >= 0.6 is 0 Å². The molecule has 0 aromatic carbocycles. The summed E-state index contributed by atoms with van der Waals surface area (Å²) in [4.78, 5) is 15.2. The number of nitriles is 1. The van der Waals surface area contributed by atoms with Gasteiger partial charge in [-0.3, -0.25) is 9.78 Å². The monoisotopic (exact) mass is 244 g/mol. The van der Waals surface area contributed by atoms with Gasteiger partial charge in [0, 0.05) is 12.6 Å². The van der Waals surface area contributed by atoms with Crippen LogP contribution in [0.1, 0.15) is 24.1 Å². The van der Waals surface area contributed by atoms with E-state index in [-0.39, 0.29) is 6.42 Å². The van der Waals surface area contributed by atoms with Gasteiger partial charge < -0.3 is 9.84 Å². The molecule has 5 heteroatoms. The molecule has 0 spiro atoms. The first-order chi connectivity index (χ1) is 8.69. The summed E-state index contributed by atoms with van der Waals surface area (Å²) in [6.07, 6.45) is 4.14. The molecule has 1 aliphatic rings. The third-order valence-electron chi connectivity index (χ3n) is 2.62. The third kappa shape index (κ3) is 2.93. The van der Waals surface area contributed by atoms with Gasteiger partial charge in [-0.25, -0.2) is 0 Å². The topological polar surface area (TPSA) is 83.2 Å². The molecule has 0 aliphatic carbocycles. The van der Waals surface area contributed by atoms with E-state index in [2.05, 4.69) is 4.98 Å². The van der Waals surface area contributed by atoms with Gasteiger partial charge in [-0.15, -0.1) is 0 Å². The Bertz CT molecular complexity index is 519. The van der Waals surface area contributed by atoms with Crippen LogP contribution in [0.5, 0.6) is 0 Å². The van der Waals surface area contributed by atoms with Crippen molar-refractivity contribution in [2.45, 2.75) is 25.0 Å². The van der Waals surface area contributed by atoms with Crippen LogP contribution in [0, 0.1) is 11.3 Å². The van der Waals surface area contributed by atoms with E-state index < -0.39 is 18.2 Å². The molecule has 0 saturated carbocycles. The molecule has 1 fully saturated rings. The second kappa shape index (κ2) is 5.43. The Labute approximate surface area is 104 Å². The summed E-state index contributed by atoms with van der Waals surface area (Å²) in [5.74, 6) is -0.412. The lowest BCUT2D eigenvalue weighted by atomic mass is 10.0. The minimum Gasteiger partial charge on any atom is -0.458 e. The Kier molecular flexibility index (Phi) is 3.70. The standard InChI is InChI=1S/C13H12N2O3/c14-8-9-2-1-5-15-12(9)4-3-11-6-10(16)7-13(17)18-11/h1-5,10-11,16H,6-7H2. The number of aliphatic hydroxyl groups excluding tert-OH is 1. The number of ether oxygens (including phenoxy) is 1. The van der Waals surface area contributed by atoms with Crippen molar-refractivity contribution >= 4 is 12.0 Å². The highest BCUT2D eigenvalue weighted by Gasteiger charge is 2.25. The second-order valence-electron chi connectivity index (χ2n) is 4.03. The molecular formula is C13H12N2O3. The normalized spacial score (nSPS) is 23.7. The number of esters is 1. The number of hydrogen-bond acceptors (Lipinski definition) is 5. The van der Waals surface area contributed by atoms with E-state index in [1.165, 1.54) is 0 Å². The van der Waals surface area contributed by atoms with E-state index in [4.69, 9.17) is 10.00 Å². The fourth-order valence-corrected chi connectivity index (χ4v) is 1.77. The summed E-state index contributed by atoms with van der Waals surface area (Å²) < 4.78 is 5.06. The molecule has 1 aromatic rings. The number of cyclic esters (lactones) is 1. The number of aromatic nitrogens is 1. The van der Waals surface area contributed by atoms with E-state index in [1.807, 2.05) is 6.07 Å². The fraction of sp³-hybridized carbons (Fsp3) is 0.308. The van der Waals surface area contributed by atoms with Crippen LogP contribution in [0.3, 0.4) is 0 Å². The first-order valence-electron chi connectivity index (χ1n) is 5.60. The van der Waals surface area contributed by atoms with E-state index in [0.29, 0.717) is 17.7 Å². The molecule has 92 valence electrons. The van der Waals surface area contributed by atoms with Crippen LogP contribution in [0.4, 0.5) is 0 Å². The molecular weight excluding hydrogens is 232 g/mol. The fourth-order valence-electron chi connectivity index (χ4n) is 1.77. The molecule has 0 radical (unpaired) electrons. The number of carbonyl (C=O) groups excluding carboxylic acids is 1. The van der Waals surface area contributed by atoms with Gasteiger partial charge in [0.15, 0.2) is 0 Å². The van der Waals surface area contributed by atoms with Crippen LogP contribution in [-0.4, -0.2) is 28.3 Å². The first-order valence-corrected chi connectivity index (χ1v) is 5.60. The van der Waals surface area contributed by atoms with Crippen LogP contribution in [0.25, 0.3) is 6.08 Å². The van der Waals surface area contributed by atoms with Gasteiger partial charge in [0.25, 0.3) is 0 Å². The molecule has 1 aliphatic heterocycles. The Morgan fingerprint density at radius 1 is 1.61 bits per heavy atom. The number of rotatable bonds is 2. The maximum absolute atomic E-state index is 11.1. The SMILES string of the molecule is N#Cc1cccnc1C=CC1CC(O)CC(=O)O1. The third-order valence-corrected chi connectivity index (χ3v) is 2.62. The molecule has 1 aromatic heterocycles. The summed E-state index contributed by atoms with van der Waals surface area (Å²) in [6.45, 7) is 0. The van der Waals surface area contributed by atoms with Crippen molar-refractivity contribution in [3.8, 4) is 6.07 Å². The van der Waals surface area contributed by atoms with E-state index in [0.717, 1.165) is 0 Å².